The molecule has 1 saturated heterocycles. The van der Waals surface area contributed by atoms with Gasteiger partial charge in [0.1, 0.15) is 0 Å². The fourth-order valence-electron chi connectivity index (χ4n) is 3.76. The van der Waals surface area contributed by atoms with Crippen molar-refractivity contribution in [3.8, 4) is 11.8 Å². The van der Waals surface area contributed by atoms with E-state index in [-0.39, 0.29) is 55.6 Å². The van der Waals surface area contributed by atoms with Gasteiger partial charge in [-0.25, -0.2) is 13.2 Å². The molecule has 0 bridgehead atoms. The van der Waals surface area contributed by atoms with Crippen molar-refractivity contribution in [3.63, 3.8) is 0 Å². The van der Waals surface area contributed by atoms with E-state index in [2.05, 4.69) is 10.3 Å². The average Bonchev–Trinajstić information content (AvgIpc) is 3.30. The number of pyridine rings is 1. The Bertz CT molecular complexity index is 711. The van der Waals surface area contributed by atoms with Crippen molar-refractivity contribution in [2.75, 3.05) is 27.3 Å². The maximum absolute atomic E-state index is 14.4. The number of nitrogens with zero attached hydrogens (tertiary/aromatic N) is 2. The van der Waals surface area contributed by atoms with E-state index in [9.17, 15) is 18.0 Å². The Kier molecular flexibility index (Phi) is 6.32. The smallest absolute Gasteiger partial charge is 0.253 e. The minimum atomic E-state index is -2.67. The highest BCUT2D eigenvalue weighted by atomic mass is 19.3. The first kappa shape index (κ1) is 20.7. The van der Waals surface area contributed by atoms with Gasteiger partial charge in [0.15, 0.2) is 5.82 Å². The van der Waals surface area contributed by atoms with Gasteiger partial charge in [0, 0.05) is 25.5 Å². The number of likely N-dealkylation sites (N-methyl/N-ethyl adjacent to an activating group) is 1. The molecule has 2 atom stereocenters. The Hall–Kier alpha value is -2.03. The number of carbonyl (C=O) groups excluding carboxylic acids is 1. The predicted octanol–water partition coefficient (Wildman–Crippen LogP) is 2.75. The number of alkyl halides is 2. The molecule has 1 aliphatic carbocycles. The van der Waals surface area contributed by atoms with Crippen LogP contribution in [0.3, 0.4) is 0 Å². The van der Waals surface area contributed by atoms with Crippen molar-refractivity contribution < 1.29 is 27.4 Å². The van der Waals surface area contributed by atoms with Crippen LogP contribution in [0.25, 0.3) is 0 Å². The zero-order valence-corrected chi connectivity index (χ0v) is 16.1. The van der Waals surface area contributed by atoms with E-state index in [1.807, 2.05) is 0 Å². The molecule has 1 N–H and O–H groups in total. The molecule has 2 heterocycles. The SMILES string of the molecule is COc1nc(OC[C@H]2CCC(F)(F)C2)c(F)cc1CN(C)C(=O)[C@@H]1CCCN1. The first-order valence-corrected chi connectivity index (χ1v) is 9.51. The fraction of sp³-hybridized carbons (Fsp3) is 0.684. The highest BCUT2D eigenvalue weighted by Crippen LogP contribution is 2.39. The number of hydrogen-bond acceptors (Lipinski definition) is 5. The van der Waals surface area contributed by atoms with Crippen LogP contribution in [-0.4, -0.2) is 55.1 Å². The van der Waals surface area contributed by atoms with Crippen LogP contribution in [0.5, 0.6) is 11.8 Å². The molecule has 1 aliphatic heterocycles. The van der Waals surface area contributed by atoms with Crippen molar-refractivity contribution in [1.29, 1.82) is 0 Å². The molecule has 0 spiro atoms. The van der Waals surface area contributed by atoms with E-state index in [4.69, 9.17) is 9.47 Å². The summed E-state index contributed by atoms with van der Waals surface area (Å²) in [7, 11) is 3.04. The summed E-state index contributed by atoms with van der Waals surface area (Å²) in [5.74, 6) is -3.91. The molecule has 9 heteroatoms. The van der Waals surface area contributed by atoms with E-state index in [0.29, 0.717) is 12.0 Å². The molecule has 6 nitrogen and oxygen atoms in total. The Balaban J connectivity index is 1.64. The Morgan fingerprint density at radius 2 is 2.18 bits per heavy atom. The normalized spacial score (nSPS) is 23.6. The minimum absolute atomic E-state index is 0.0201. The van der Waals surface area contributed by atoms with Crippen molar-refractivity contribution in [1.82, 2.24) is 15.2 Å². The second kappa shape index (κ2) is 8.55. The zero-order chi connectivity index (χ0) is 20.3. The molecular weight excluding hydrogens is 375 g/mol. The van der Waals surface area contributed by atoms with Crippen LogP contribution in [0, 0.1) is 11.7 Å². The molecule has 2 aliphatic rings. The summed E-state index contributed by atoms with van der Waals surface area (Å²) in [5.41, 5.74) is 0.411. The highest BCUT2D eigenvalue weighted by molar-refractivity contribution is 5.82. The van der Waals surface area contributed by atoms with Crippen LogP contribution in [-0.2, 0) is 11.3 Å². The van der Waals surface area contributed by atoms with Gasteiger partial charge in [-0.05, 0) is 37.8 Å². The van der Waals surface area contributed by atoms with Gasteiger partial charge in [0.05, 0.1) is 26.3 Å². The summed E-state index contributed by atoms with van der Waals surface area (Å²) in [6.07, 6.45) is 1.63. The van der Waals surface area contributed by atoms with Gasteiger partial charge in [-0.1, -0.05) is 0 Å². The average molecular weight is 401 g/mol. The largest absolute Gasteiger partial charge is 0.481 e. The quantitative estimate of drug-likeness (QED) is 0.761. The van der Waals surface area contributed by atoms with Crippen LogP contribution in [0.2, 0.25) is 0 Å². The number of rotatable bonds is 7. The molecule has 0 unspecified atom stereocenters. The van der Waals surface area contributed by atoms with Gasteiger partial charge in [-0.3, -0.25) is 4.79 Å². The van der Waals surface area contributed by atoms with Crippen LogP contribution >= 0.6 is 0 Å². The van der Waals surface area contributed by atoms with Gasteiger partial charge < -0.3 is 19.7 Å². The fourth-order valence-corrected chi connectivity index (χ4v) is 3.76. The number of aromatic nitrogens is 1. The number of carbonyl (C=O) groups is 1. The number of hydrogen-bond donors (Lipinski definition) is 1. The third kappa shape index (κ3) is 4.87. The maximum atomic E-state index is 14.4. The first-order chi connectivity index (χ1) is 13.3. The number of ether oxygens (including phenoxy) is 2. The summed E-state index contributed by atoms with van der Waals surface area (Å²) < 4.78 is 51.5. The zero-order valence-electron chi connectivity index (χ0n) is 16.1. The molecular formula is C19H26F3N3O3. The van der Waals surface area contributed by atoms with E-state index in [1.165, 1.54) is 18.1 Å². The van der Waals surface area contributed by atoms with Gasteiger partial charge in [-0.15, -0.1) is 0 Å². The molecule has 28 heavy (non-hydrogen) atoms. The first-order valence-electron chi connectivity index (χ1n) is 9.51. The summed E-state index contributed by atoms with van der Waals surface area (Å²) in [6, 6.07) is 0.997. The number of methoxy groups -OCH3 is 1. The second-order valence-electron chi connectivity index (χ2n) is 7.56. The van der Waals surface area contributed by atoms with E-state index in [1.54, 1.807) is 7.05 Å². The third-order valence-electron chi connectivity index (χ3n) is 5.28. The third-order valence-corrected chi connectivity index (χ3v) is 5.28. The summed E-state index contributed by atoms with van der Waals surface area (Å²) in [6.45, 7) is 0.926. The monoisotopic (exact) mass is 401 g/mol. The molecule has 1 aromatic rings. The van der Waals surface area contributed by atoms with Crippen LogP contribution < -0.4 is 14.8 Å². The standard InChI is InChI=1S/C19H26F3N3O3/c1-25(18(26)15-4-3-7-23-15)10-13-8-14(20)17(24-16(13)27-2)28-11-12-5-6-19(21,22)9-12/h8,12,15,23H,3-7,9-11H2,1-2H3/t12-,15-/m0/s1. The lowest BCUT2D eigenvalue weighted by atomic mass is 10.1. The van der Waals surface area contributed by atoms with Crippen molar-refractivity contribution in [2.45, 2.75) is 50.6 Å². The lowest BCUT2D eigenvalue weighted by Gasteiger charge is -2.22. The molecule has 1 amide bonds. The maximum Gasteiger partial charge on any atom is 0.253 e. The van der Waals surface area contributed by atoms with Crippen molar-refractivity contribution in [2.24, 2.45) is 5.92 Å². The summed E-state index contributed by atoms with van der Waals surface area (Å²) >= 11 is 0. The molecule has 1 saturated carbocycles. The number of halogens is 3. The van der Waals surface area contributed by atoms with Gasteiger partial charge in [0.25, 0.3) is 5.88 Å². The predicted molar refractivity (Wildman–Crippen MR) is 96.0 cm³/mol. The Labute approximate surface area is 162 Å². The lowest BCUT2D eigenvalue weighted by Crippen LogP contribution is -2.41. The Morgan fingerprint density at radius 3 is 2.79 bits per heavy atom. The van der Waals surface area contributed by atoms with Crippen molar-refractivity contribution >= 4 is 5.91 Å². The van der Waals surface area contributed by atoms with E-state index >= 15 is 0 Å². The summed E-state index contributed by atoms with van der Waals surface area (Å²) in [4.78, 5) is 18.0. The van der Waals surface area contributed by atoms with E-state index < -0.39 is 11.7 Å². The van der Waals surface area contributed by atoms with Crippen LogP contribution in [0.15, 0.2) is 6.07 Å². The highest BCUT2D eigenvalue weighted by Gasteiger charge is 2.39. The van der Waals surface area contributed by atoms with Crippen LogP contribution in [0.1, 0.15) is 37.7 Å². The lowest BCUT2D eigenvalue weighted by molar-refractivity contribution is -0.132. The minimum Gasteiger partial charge on any atom is -0.481 e. The number of amides is 1. The van der Waals surface area contributed by atoms with Gasteiger partial charge in [0.2, 0.25) is 17.7 Å². The van der Waals surface area contributed by atoms with Crippen LogP contribution in [0.4, 0.5) is 13.2 Å². The molecule has 0 aromatic carbocycles. The van der Waals surface area contributed by atoms with E-state index in [0.717, 1.165) is 19.4 Å². The van der Waals surface area contributed by atoms with Gasteiger partial charge >= 0.3 is 0 Å². The molecule has 3 rings (SSSR count). The Morgan fingerprint density at radius 1 is 1.39 bits per heavy atom. The second-order valence-corrected chi connectivity index (χ2v) is 7.56. The molecule has 2 fully saturated rings. The van der Waals surface area contributed by atoms with Crippen molar-refractivity contribution in [3.05, 3.63) is 17.4 Å². The molecule has 156 valence electrons. The molecule has 0 radical (unpaired) electrons. The topological polar surface area (TPSA) is 63.7 Å². The number of nitrogens with one attached hydrogen (secondary N) is 1. The van der Waals surface area contributed by atoms with Gasteiger partial charge in [-0.2, -0.15) is 4.98 Å². The molecule has 1 aromatic heterocycles. The summed E-state index contributed by atoms with van der Waals surface area (Å²) in [5, 5.41) is 3.14.